The molecule has 0 radical (unpaired) electrons. The van der Waals surface area contributed by atoms with E-state index >= 15 is 0 Å². The first kappa shape index (κ1) is 12.8. The van der Waals surface area contributed by atoms with Crippen LogP contribution in [0.4, 0.5) is 0 Å². The molecule has 0 aliphatic carbocycles. The number of carboxylic acids is 1. The number of carboxylic acid groups (broad SMARTS) is 1. The molecular formula is C12H15ClO3. The van der Waals surface area contributed by atoms with Crippen LogP contribution in [0.15, 0.2) is 12.1 Å². The first-order valence-corrected chi connectivity index (χ1v) is 5.50. The SMILES string of the molecule is CC(C)Cc1cc(O)c(CC(=O)O)cc1Cl. The van der Waals surface area contributed by atoms with Crippen molar-refractivity contribution in [3.05, 3.63) is 28.3 Å². The number of halogens is 1. The number of hydrogen-bond acceptors (Lipinski definition) is 2. The molecule has 4 heteroatoms. The molecule has 0 unspecified atom stereocenters. The van der Waals surface area contributed by atoms with Crippen LogP contribution in [0, 0.1) is 5.92 Å². The average molecular weight is 243 g/mol. The number of hydrogen-bond donors (Lipinski definition) is 2. The summed E-state index contributed by atoms with van der Waals surface area (Å²) in [6.45, 7) is 4.11. The van der Waals surface area contributed by atoms with Gasteiger partial charge < -0.3 is 10.2 Å². The van der Waals surface area contributed by atoms with Gasteiger partial charge in [-0.1, -0.05) is 25.4 Å². The molecule has 2 N–H and O–H groups in total. The second-order valence-electron chi connectivity index (χ2n) is 4.24. The minimum absolute atomic E-state index is 0.00227. The fraction of sp³-hybridized carbons (Fsp3) is 0.417. The Morgan fingerprint density at radius 2 is 2.00 bits per heavy atom. The Bertz CT molecular complexity index is 399. The van der Waals surface area contributed by atoms with Crippen molar-refractivity contribution in [2.45, 2.75) is 26.7 Å². The molecule has 0 saturated heterocycles. The maximum atomic E-state index is 10.5. The van der Waals surface area contributed by atoms with Gasteiger partial charge in [-0.05, 0) is 30.0 Å². The molecule has 1 rings (SSSR count). The summed E-state index contributed by atoms with van der Waals surface area (Å²) in [7, 11) is 0. The Kier molecular flexibility index (Phi) is 4.19. The lowest BCUT2D eigenvalue weighted by Gasteiger charge is -2.10. The summed E-state index contributed by atoms with van der Waals surface area (Å²) in [5.74, 6) is -0.548. The molecule has 0 aliphatic rings. The van der Waals surface area contributed by atoms with Crippen molar-refractivity contribution < 1.29 is 15.0 Å². The topological polar surface area (TPSA) is 57.5 Å². The van der Waals surface area contributed by atoms with Crippen LogP contribution >= 0.6 is 11.6 Å². The van der Waals surface area contributed by atoms with Gasteiger partial charge in [-0.15, -0.1) is 0 Å². The molecule has 0 bridgehead atoms. The minimum Gasteiger partial charge on any atom is -0.508 e. The highest BCUT2D eigenvalue weighted by atomic mass is 35.5. The summed E-state index contributed by atoms with van der Waals surface area (Å²) < 4.78 is 0. The van der Waals surface area contributed by atoms with E-state index in [1.807, 2.05) is 0 Å². The molecule has 0 aliphatic heterocycles. The zero-order valence-corrected chi connectivity index (χ0v) is 10.1. The van der Waals surface area contributed by atoms with Gasteiger partial charge in [0.15, 0.2) is 0 Å². The molecule has 0 saturated carbocycles. The van der Waals surface area contributed by atoms with Crippen LogP contribution in [-0.4, -0.2) is 16.2 Å². The lowest BCUT2D eigenvalue weighted by molar-refractivity contribution is -0.136. The van der Waals surface area contributed by atoms with Gasteiger partial charge in [-0.2, -0.15) is 0 Å². The first-order valence-electron chi connectivity index (χ1n) is 5.12. The van der Waals surface area contributed by atoms with Crippen molar-refractivity contribution >= 4 is 17.6 Å². The van der Waals surface area contributed by atoms with Gasteiger partial charge in [0.05, 0.1) is 6.42 Å². The predicted octanol–water partition coefficient (Wildman–Crippen LogP) is 2.87. The lowest BCUT2D eigenvalue weighted by atomic mass is 10.00. The average Bonchev–Trinajstić information content (AvgIpc) is 2.11. The number of phenols is 1. The standard InChI is InChI=1S/C12H15ClO3/c1-7(2)3-8-5-11(14)9(4-10(8)13)6-12(15)16/h4-5,7,14H,3,6H2,1-2H3,(H,15,16). The normalized spacial score (nSPS) is 10.8. The zero-order valence-electron chi connectivity index (χ0n) is 9.33. The number of rotatable bonds is 4. The summed E-state index contributed by atoms with van der Waals surface area (Å²) in [4.78, 5) is 10.5. The van der Waals surface area contributed by atoms with E-state index < -0.39 is 5.97 Å². The summed E-state index contributed by atoms with van der Waals surface area (Å²) in [5.41, 5.74) is 1.20. The Labute approximate surface area is 99.7 Å². The Balaban J connectivity index is 3.01. The third kappa shape index (κ3) is 3.42. The highest BCUT2D eigenvalue weighted by Crippen LogP contribution is 2.28. The Hall–Kier alpha value is -1.22. The molecule has 0 aromatic heterocycles. The third-order valence-electron chi connectivity index (χ3n) is 2.22. The zero-order chi connectivity index (χ0) is 12.3. The maximum absolute atomic E-state index is 10.5. The van der Waals surface area contributed by atoms with Crippen LogP contribution in [0.1, 0.15) is 25.0 Å². The number of phenolic OH excluding ortho intramolecular Hbond substituents is 1. The summed E-state index contributed by atoms with van der Waals surface area (Å²) >= 11 is 6.02. The second kappa shape index (κ2) is 5.21. The van der Waals surface area contributed by atoms with Crippen LogP contribution in [0.3, 0.4) is 0 Å². The van der Waals surface area contributed by atoms with E-state index in [9.17, 15) is 9.90 Å². The molecule has 0 fully saturated rings. The number of aromatic hydroxyl groups is 1. The van der Waals surface area contributed by atoms with E-state index in [-0.39, 0.29) is 12.2 Å². The summed E-state index contributed by atoms with van der Waals surface area (Å²) in [6.07, 6.45) is 0.549. The van der Waals surface area contributed by atoms with Crippen LogP contribution in [0.25, 0.3) is 0 Å². The van der Waals surface area contributed by atoms with Crippen molar-refractivity contribution in [2.75, 3.05) is 0 Å². The molecule has 0 amide bonds. The maximum Gasteiger partial charge on any atom is 0.307 e. The van der Waals surface area contributed by atoms with E-state index in [1.165, 1.54) is 6.07 Å². The number of benzene rings is 1. The molecular weight excluding hydrogens is 228 g/mol. The monoisotopic (exact) mass is 242 g/mol. The highest BCUT2D eigenvalue weighted by Gasteiger charge is 2.11. The lowest BCUT2D eigenvalue weighted by Crippen LogP contribution is -2.02. The van der Waals surface area contributed by atoms with Crippen LogP contribution in [0.5, 0.6) is 5.75 Å². The van der Waals surface area contributed by atoms with Crippen LogP contribution in [-0.2, 0) is 17.6 Å². The van der Waals surface area contributed by atoms with Crippen molar-refractivity contribution in [1.82, 2.24) is 0 Å². The molecule has 3 nitrogen and oxygen atoms in total. The van der Waals surface area contributed by atoms with Crippen molar-refractivity contribution in [3.63, 3.8) is 0 Å². The smallest absolute Gasteiger partial charge is 0.307 e. The fourth-order valence-electron chi connectivity index (χ4n) is 1.55. The molecule has 0 atom stereocenters. The van der Waals surface area contributed by atoms with Gasteiger partial charge >= 0.3 is 5.97 Å². The van der Waals surface area contributed by atoms with Crippen molar-refractivity contribution in [2.24, 2.45) is 5.92 Å². The summed E-state index contributed by atoms with van der Waals surface area (Å²) in [6, 6.07) is 3.09. The van der Waals surface area contributed by atoms with Crippen LogP contribution < -0.4 is 0 Å². The minimum atomic E-state index is -0.983. The predicted molar refractivity (Wildman–Crippen MR) is 63.0 cm³/mol. The van der Waals surface area contributed by atoms with Gasteiger partial charge in [0.2, 0.25) is 0 Å². The first-order chi connectivity index (χ1) is 7.40. The van der Waals surface area contributed by atoms with E-state index in [1.54, 1.807) is 6.07 Å². The molecule has 0 spiro atoms. The number of carbonyl (C=O) groups is 1. The molecule has 1 aromatic rings. The van der Waals surface area contributed by atoms with Gasteiger partial charge in [-0.3, -0.25) is 4.79 Å². The van der Waals surface area contributed by atoms with Gasteiger partial charge in [-0.25, -0.2) is 0 Å². The third-order valence-corrected chi connectivity index (χ3v) is 2.57. The fourth-order valence-corrected chi connectivity index (χ4v) is 1.81. The van der Waals surface area contributed by atoms with Gasteiger partial charge in [0.25, 0.3) is 0 Å². The molecule has 0 heterocycles. The van der Waals surface area contributed by atoms with E-state index in [0.29, 0.717) is 16.5 Å². The van der Waals surface area contributed by atoms with Gasteiger partial charge in [0, 0.05) is 10.6 Å². The number of aliphatic carboxylic acids is 1. The quantitative estimate of drug-likeness (QED) is 0.854. The Morgan fingerprint density at radius 3 is 2.50 bits per heavy atom. The van der Waals surface area contributed by atoms with Crippen molar-refractivity contribution in [1.29, 1.82) is 0 Å². The van der Waals surface area contributed by atoms with Gasteiger partial charge in [0.1, 0.15) is 5.75 Å². The Morgan fingerprint density at radius 1 is 1.38 bits per heavy atom. The largest absolute Gasteiger partial charge is 0.508 e. The second-order valence-corrected chi connectivity index (χ2v) is 4.65. The molecule has 16 heavy (non-hydrogen) atoms. The highest BCUT2D eigenvalue weighted by molar-refractivity contribution is 6.31. The van der Waals surface area contributed by atoms with E-state index in [4.69, 9.17) is 16.7 Å². The molecule has 88 valence electrons. The van der Waals surface area contributed by atoms with E-state index in [2.05, 4.69) is 13.8 Å². The molecule has 1 aromatic carbocycles. The van der Waals surface area contributed by atoms with E-state index in [0.717, 1.165) is 12.0 Å². The van der Waals surface area contributed by atoms with Crippen molar-refractivity contribution in [3.8, 4) is 5.75 Å². The van der Waals surface area contributed by atoms with Crippen LogP contribution in [0.2, 0.25) is 5.02 Å². The summed E-state index contributed by atoms with van der Waals surface area (Å²) in [5, 5.41) is 18.8.